The van der Waals surface area contributed by atoms with Gasteiger partial charge >= 0.3 is 11.9 Å². The van der Waals surface area contributed by atoms with Gasteiger partial charge in [0.2, 0.25) is 0 Å². The minimum Gasteiger partial charge on any atom is -0.481 e. The van der Waals surface area contributed by atoms with Gasteiger partial charge in [0.15, 0.2) is 5.60 Å². The third-order valence-electron chi connectivity index (χ3n) is 5.54. The second kappa shape index (κ2) is 10.1. The fourth-order valence-electron chi connectivity index (χ4n) is 4.01. The Morgan fingerprint density at radius 3 is 2.57 bits per heavy atom. The van der Waals surface area contributed by atoms with Crippen LogP contribution in [0.15, 0.2) is 48.5 Å². The molecule has 0 aromatic heterocycles. The first-order chi connectivity index (χ1) is 14.4. The van der Waals surface area contributed by atoms with Crippen LogP contribution in [0.4, 0.5) is 0 Å². The minimum atomic E-state index is -1.88. The maximum atomic E-state index is 11.8. The van der Waals surface area contributed by atoms with E-state index in [-0.39, 0.29) is 6.42 Å². The molecule has 2 N–H and O–H groups in total. The third-order valence-corrected chi connectivity index (χ3v) is 5.78. The molecule has 2 aromatic carbocycles. The molecule has 0 aliphatic carbocycles. The molecule has 0 radical (unpaired) electrons. The fourth-order valence-corrected chi connectivity index (χ4v) is 4.18. The fraction of sp³-hybridized carbons (Fsp3) is 0.417. The van der Waals surface area contributed by atoms with Crippen LogP contribution in [0.3, 0.4) is 0 Å². The largest absolute Gasteiger partial charge is 0.481 e. The first-order valence-corrected chi connectivity index (χ1v) is 10.7. The van der Waals surface area contributed by atoms with Crippen molar-refractivity contribution in [2.45, 2.75) is 63.1 Å². The number of carboxylic acid groups (broad SMARTS) is 1. The van der Waals surface area contributed by atoms with Gasteiger partial charge in [-0.2, -0.15) is 0 Å². The van der Waals surface area contributed by atoms with E-state index in [4.69, 9.17) is 21.4 Å². The second-order valence-corrected chi connectivity index (χ2v) is 8.39. The molecule has 0 amide bonds. The zero-order valence-electron chi connectivity index (χ0n) is 16.9. The number of benzene rings is 2. The lowest BCUT2D eigenvalue weighted by molar-refractivity contribution is -0.160. The lowest BCUT2D eigenvalue weighted by Crippen LogP contribution is -2.36. The summed E-state index contributed by atoms with van der Waals surface area (Å²) in [6.45, 7) is 0. The number of carbonyl (C=O) groups excluding carboxylic acids is 1. The Bertz CT molecular complexity index is 882. The number of aryl methyl sites for hydroxylation is 1. The van der Waals surface area contributed by atoms with E-state index < -0.39 is 30.1 Å². The first-order valence-electron chi connectivity index (χ1n) is 10.4. The van der Waals surface area contributed by atoms with Crippen molar-refractivity contribution in [3.63, 3.8) is 0 Å². The number of aliphatic hydroxyl groups is 1. The molecule has 1 aliphatic heterocycles. The number of hydrogen-bond acceptors (Lipinski definition) is 4. The number of unbranched alkanes of at least 4 members (excludes halogenated alkanes) is 3. The van der Waals surface area contributed by atoms with Crippen LogP contribution in [0.2, 0.25) is 5.02 Å². The van der Waals surface area contributed by atoms with Crippen molar-refractivity contribution in [1.82, 2.24) is 0 Å². The van der Waals surface area contributed by atoms with Gasteiger partial charge in [0, 0.05) is 11.4 Å². The summed E-state index contributed by atoms with van der Waals surface area (Å²) in [4.78, 5) is 22.6. The zero-order valence-corrected chi connectivity index (χ0v) is 17.6. The van der Waals surface area contributed by atoms with Gasteiger partial charge in [-0.1, -0.05) is 60.8 Å². The van der Waals surface area contributed by atoms with Crippen LogP contribution in [0.1, 0.15) is 50.5 Å². The van der Waals surface area contributed by atoms with Gasteiger partial charge in [0.1, 0.15) is 6.10 Å². The summed E-state index contributed by atoms with van der Waals surface area (Å²) >= 11 is 6.20. The number of esters is 1. The van der Waals surface area contributed by atoms with Crippen LogP contribution in [0, 0.1) is 0 Å². The molecule has 1 aliphatic rings. The second-order valence-electron chi connectivity index (χ2n) is 7.95. The highest BCUT2D eigenvalue weighted by Crippen LogP contribution is 2.32. The van der Waals surface area contributed by atoms with Gasteiger partial charge in [-0.15, -0.1) is 0 Å². The summed E-state index contributed by atoms with van der Waals surface area (Å²) in [5, 5.41) is 19.7. The van der Waals surface area contributed by atoms with E-state index in [1.54, 1.807) is 0 Å². The van der Waals surface area contributed by atoms with E-state index in [9.17, 15) is 14.7 Å². The van der Waals surface area contributed by atoms with E-state index in [1.807, 2.05) is 30.3 Å². The van der Waals surface area contributed by atoms with Gasteiger partial charge in [-0.3, -0.25) is 4.79 Å². The van der Waals surface area contributed by atoms with Gasteiger partial charge in [-0.05, 0) is 54.5 Å². The molecule has 2 aromatic rings. The number of carboxylic acids is 1. The van der Waals surface area contributed by atoms with Crippen molar-refractivity contribution in [3.05, 3.63) is 59.1 Å². The highest BCUT2D eigenvalue weighted by molar-refractivity contribution is 6.30. The van der Waals surface area contributed by atoms with E-state index in [2.05, 4.69) is 18.2 Å². The lowest BCUT2D eigenvalue weighted by atomic mass is 9.93. The molecular formula is C24H27ClO5. The molecule has 160 valence electrons. The average Bonchev–Trinajstić information content (AvgIpc) is 2.98. The molecule has 1 saturated heterocycles. The van der Waals surface area contributed by atoms with Crippen molar-refractivity contribution in [1.29, 1.82) is 0 Å². The molecular weight excluding hydrogens is 404 g/mol. The van der Waals surface area contributed by atoms with Crippen molar-refractivity contribution in [2.75, 3.05) is 0 Å². The topological polar surface area (TPSA) is 83.8 Å². The Morgan fingerprint density at radius 2 is 1.83 bits per heavy atom. The molecule has 0 unspecified atom stereocenters. The Kier molecular flexibility index (Phi) is 7.51. The highest BCUT2D eigenvalue weighted by Gasteiger charge is 2.48. The molecule has 2 atom stereocenters. The molecule has 5 nitrogen and oxygen atoms in total. The van der Waals surface area contributed by atoms with Crippen molar-refractivity contribution < 1.29 is 24.5 Å². The molecule has 30 heavy (non-hydrogen) atoms. The number of ether oxygens (including phenoxy) is 1. The molecule has 6 heteroatoms. The van der Waals surface area contributed by atoms with Crippen molar-refractivity contribution in [3.8, 4) is 11.1 Å². The highest BCUT2D eigenvalue weighted by atomic mass is 35.5. The first kappa shape index (κ1) is 22.3. The van der Waals surface area contributed by atoms with Crippen molar-refractivity contribution >= 4 is 23.5 Å². The Labute approximate surface area is 181 Å². The Hall–Kier alpha value is -2.37. The maximum Gasteiger partial charge on any atom is 0.339 e. The third kappa shape index (κ3) is 5.83. The summed E-state index contributed by atoms with van der Waals surface area (Å²) in [5.74, 6) is -2.02. The number of halogens is 1. The van der Waals surface area contributed by atoms with Crippen LogP contribution >= 0.6 is 11.6 Å². The smallest absolute Gasteiger partial charge is 0.339 e. The number of carbonyl (C=O) groups is 2. The summed E-state index contributed by atoms with van der Waals surface area (Å²) < 4.78 is 5.16. The summed E-state index contributed by atoms with van der Waals surface area (Å²) in [6, 6.07) is 16.2. The SMILES string of the molecule is O=C(O)C[C@@]1(O)C[C@@H](CCCCCCc2ccc(Cl)cc2-c2ccccc2)OC1=O. The molecule has 0 bridgehead atoms. The van der Waals surface area contributed by atoms with Crippen LogP contribution in [-0.4, -0.2) is 33.9 Å². The van der Waals surface area contributed by atoms with Crippen LogP contribution < -0.4 is 0 Å². The molecule has 0 spiro atoms. The van der Waals surface area contributed by atoms with Gasteiger partial charge in [0.25, 0.3) is 0 Å². The van der Waals surface area contributed by atoms with Crippen LogP contribution in [0.25, 0.3) is 11.1 Å². The average molecular weight is 431 g/mol. The molecule has 1 fully saturated rings. The Morgan fingerprint density at radius 1 is 1.10 bits per heavy atom. The zero-order chi connectivity index (χ0) is 21.6. The Balaban J connectivity index is 1.43. The van der Waals surface area contributed by atoms with E-state index in [0.717, 1.165) is 42.7 Å². The summed E-state index contributed by atoms with van der Waals surface area (Å²) in [6.07, 6.45) is 4.58. The lowest BCUT2D eigenvalue weighted by Gasteiger charge is -2.14. The standard InChI is InChI=1S/C24H27ClO5/c25-19-13-12-18(21(14-19)17-8-5-3-6-9-17)10-4-1-2-7-11-20-15-24(29,16-22(26)27)23(28)30-20/h3,5-6,8-9,12-14,20,29H,1-2,4,7,10-11,15-16H2,(H,26,27)/t20-,24+/m1/s1. The molecule has 0 saturated carbocycles. The van der Waals surface area contributed by atoms with Gasteiger partial charge in [-0.25, -0.2) is 4.79 Å². The number of cyclic esters (lactones) is 1. The van der Waals surface area contributed by atoms with Gasteiger partial charge < -0.3 is 14.9 Å². The molecule has 3 rings (SSSR count). The maximum absolute atomic E-state index is 11.8. The van der Waals surface area contributed by atoms with Crippen molar-refractivity contribution in [2.24, 2.45) is 0 Å². The number of aliphatic carboxylic acids is 1. The quantitative estimate of drug-likeness (QED) is 0.408. The summed E-state index contributed by atoms with van der Waals surface area (Å²) in [7, 11) is 0. The van der Waals surface area contributed by atoms with Crippen LogP contribution in [0.5, 0.6) is 0 Å². The monoisotopic (exact) mass is 430 g/mol. The molecule has 1 heterocycles. The predicted molar refractivity (Wildman–Crippen MR) is 115 cm³/mol. The predicted octanol–water partition coefficient (Wildman–Crippen LogP) is 5.02. The van der Waals surface area contributed by atoms with Gasteiger partial charge in [0.05, 0.1) is 6.42 Å². The number of hydrogen-bond donors (Lipinski definition) is 2. The minimum absolute atomic E-state index is 0.0589. The normalized spacial score (nSPS) is 20.9. The van der Waals surface area contributed by atoms with Crippen LogP contribution in [-0.2, 0) is 20.7 Å². The van der Waals surface area contributed by atoms with E-state index >= 15 is 0 Å². The summed E-state index contributed by atoms with van der Waals surface area (Å²) in [5.41, 5.74) is 1.72. The number of rotatable bonds is 10. The van der Waals surface area contributed by atoms with E-state index in [1.165, 1.54) is 11.1 Å². The van der Waals surface area contributed by atoms with E-state index in [0.29, 0.717) is 6.42 Å².